The van der Waals surface area contributed by atoms with Crippen molar-refractivity contribution in [1.82, 2.24) is 10.3 Å². The summed E-state index contributed by atoms with van der Waals surface area (Å²) in [6.07, 6.45) is 5.97. The van der Waals surface area contributed by atoms with E-state index in [2.05, 4.69) is 15.6 Å². The van der Waals surface area contributed by atoms with Gasteiger partial charge in [0.15, 0.2) is 11.6 Å². The van der Waals surface area contributed by atoms with Crippen LogP contribution in [0.4, 0.5) is 14.5 Å². The van der Waals surface area contributed by atoms with Gasteiger partial charge >= 0.3 is 0 Å². The molecule has 0 spiro atoms. The maximum Gasteiger partial charge on any atom is 0.237 e. The lowest BCUT2D eigenvalue weighted by atomic mass is 9.78. The van der Waals surface area contributed by atoms with E-state index in [1.807, 2.05) is 13.8 Å². The second-order valence-corrected chi connectivity index (χ2v) is 9.09. The van der Waals surface area contributed by atoms with Crippen LogP contribution in [0.5, 0.6) is 0 Å². The van der Waals surface area contributed by atoms with Crippen molar-refractivity contribution in [2.75, 3.05) is 11.9 Å². The highest BCUT2D eigenvalue weighted by Gasteiger charge is 2.33. The molecule has 1 aromatic carbocycles. The molecule has 32 heavy (non-hydrogen) atoms. The number of aromatic nitrogens is 1. The van der Waals surface area contributed by atoms with Crippen molar-refractivity contribution in [3.8, 4) is 0 Å². The standard InChI is InChI=1S/C24H30F2N4O2/c1-24(2,17-7-8-19(25)20(26)13-17)14-29-23(32)21(27)15-3-5-16(6-4-15)22(31)30-18-9-11-28-12-10-18/h7-13,15-16,21H,3-6,14,27H2,1-2H3,(H,29,32)(H,28,30,31). The molecule has 1 aromatic heterocycles. The maximum absolute atomic E-state index is 13.6. The predicted octanol–water partition coefficient (Wildman–Crippen LogP) is 3.53. The summed E-state index contributed by atoms with van der Waals surface area (Å²) < 4.78 is 26.8. The summed E-state index contributed by atoms with van der Waals surface area (Å²) in [5.41, 5.74) is 6.93. The third kappa shape index (κ3) is 5.88. The maximum atomic E-state index is 13.6. The van der Waals surface area contributed by atoms with E-state index >= 15 is 0 Å². The Morgan fingerprint density at radius 1 is 1.09 bits per heavy atom. The van der Waals surface area contributed by atoms with Crippen LogP contribution in [0.15, 0.2) is 42.7 Å². The molecule has 1 heterocycles. The first-order chi connectivity index (χ1) is 15.2. The summed E-state index contributed by atoms with van der Waals surface area (Å²) >= 11 is 0. The SMILES string of the molecule is CC(C)(CNC(=O)C(N)C1CCC(C(=O)Nc2ccncc2)CC1)c1ccc(F)c(F)c1. The molecule has 6 nitrogen and oxygen atoms in total. The van der Waals surface area contributed by atoms with Crippen LogP contribution in [0, 0.1) is 23.5 Å². The summed E-state index contributed by atoms with van der Waals surface area (Å²) in [4.78, 5) is 29.1. The first-order valence-corrected chi connectivity index (χ1v) is 10.9. The van der Waals surface area contributed by atoms with Gasteiger partial charge in [-0.25, -0.2) is 8.78 Å². The molecule has 172 valence electrons. The topological polar surface area (TPSA) is 97.1 Å². The molecule has 2 amide bonds. The smallest absolute Gasteiger partial charge is 0.237 e. The summed E-state index contributed by atoms with van der Waals surface area (Å²) in [6.45, 7) is 3.94. The van der Waals surface area contributed by atoms with Gasteiger partial charge in [0.1, 0.15) is 0 Å². The first-order valence-electron chi connectivity index (χ1n) is 10.9. The number of rotatable bonds is 7. The fourth-order valence-corrected chi connectivity index (χ4v) is 4.08. The van der Waals surface area contributed by atoms with Gasteiger partial charge in [0, 0.05) is 36.0 Å². The van der Waals surface area contributed by atoms with E-state index in [0.29, 0.717) is 36.9 Å². The largest absolute Gasteiger partial charge is 0.354 e. The fourth-order valence-electron chi connectivity index (χ4n) is 4.08. The van der Waals surface area contributed by atoms with E-state index < -0.39 is 23.1 Å². The molecule has 8 heteroatoms. The number of nitrogens with one attached hydrogen (secondary N) is 2. The predicted molar refractivity (Wildman–Crippen MR) is 119 cm³/mol. The number of nitrogens with two attached hydrogens (primary N) is 1. The van der Waals surface area contributed by atoms with E-state index in [9.17, 15) is 18.4 Å². The number of hydrogen-bond acceptors (Lipinski definition) is 4. The highest BCUT2D eigenvalue weighted by Crippen LogP contribution is 2.31. The number of anilines is 1. The molecule has 1 unspecified atom stereocenters. The van der Waals surface area contributed by atoms with Gasteiger partial charge in [-0.15, -0.1) is 0 Å². The molecular weight excluding hydrogens is 414 g/mol. The molecule has 4 N–H and O–H groups in total. The van der Waals surface area contributed by atoms with Crippen molar-refractivity contribution in [3.63, 3.8) is 0 Å². The lowest BCUT2D eigenvalue weighted by Gasteiger charge is -2.32. The van der Waals surface area contributed by atoms with Crippen molar-refractivity contribution in [3.05, 3.63) is 59.9 Å². The van der Waals surface area contributed by atoms with Crippen LogP contribution in [0.25, 0.3) is 0 Å². The van der Waals surface area contributed by atoms with Crippen molar-refractivity contribution >= 4 is 17.5 Å². The summed E-state index contributed by atoms with van der Waals surface area (Å²) in [7, 11) is 0. The molecule has 1 fully saturated rings. The van der Waals surface area contributed by atoms with E-state index in [0.717, 1.165) is 12.1 Å². The second-order valence-electron chi connectivity index (χ2n) is 9.09. The van der Waals surface area contributed by atoms with E-state index in [-0.39, 0.29) is 30.2 Å². The van der Waals surface area contributed by atoms with Crippen LogP contribution in [0.3, 0.4) is 0 Å². The Labute approximate surface area is 187 Å². The average molecular weight is 445 g/mol. The quantitative estimate of drug-likeness (QED) is 0.609. The number of carbonyl (C=O) groups excluding carboxylic acids is 2. The molecule has 1 saturated carbocycles. The van der Waals surface area contributed by atoms with E-state index in [4.69, 9.17) is 5.73 Å². The molecule has 0 radical (unpaired) electrons. The van der Waals surface area contributed by atoms with Gasteiger partial charge in [0.25, 0.3) is 0 Å². The lowest BCUT2D eigenvalue weighted by Crippen LogP contribution is -2.49. The zero-order valence-corrected chi connectivity index (χ0v) is 18.4. The zero-order chi connectivity index (χ0) is 23.3. The molecule has 0 aliphatic heterocycles. The van der Waals surface area contributed by atoms with E-state index in [1.54, 1.807) is 24.5 Å². The van der Waals surface area contributed by atoms with Gasteiger partial charge in [0.05, 0.1) is 6.04 Å². The van der Waals surface area contributed by atoms with Gasteiger partial charge in [-0.1, -0.05) is 19.9 Å². The summed E-state index contributed by atoms with van der Waals surface area (Å²) in [5.74, 6) is -2.23. The number of pyridine rings is 1. The van der Waals surface area contributed by atoms with Gasteiger partial charge < -0.3 is 16.4 Å². The number of nitrogens with zero attached hydrogens (tertiary/aromatic N) is 1. The van der Waals surface area contributed by atoms with Crippen molar-refractivity contribution in [1.29, 1.82) is 0 Å². The Kier molecular flexibility index (Phi) is 7.56. The molecular formula is C24H30F2N4O2. The molecule has 0 bridgehead atoms. The molecule has 1 aliphatic carbocycles. The van der Waals surface area contributed by atoms with E-state index in [1.165, 1.54) is 6.07 Å². The van der Waals surface area contributed by atoms with Gasteiger partial charge in [-0.05, 0) is 61.4 Å². The van der Waals surface area contributed by atoms with Crippen molar-refractivity contribution < 1.29 is 18.4 Å². The minimum absolute atomic E-state index is 0.00801. The Balaban J connectivity index is 1.48. The number of halogens is 2. The van der Waals surface area contributed by atoms with Crippen LogP contribution >= 0.6 is 0 Å². The fraction of sp³-hybridized carbons (Fsp3) is 0.458. The zero-order valence-electron chi connectivity index (χ0n) is 18.4. The third-order valence-electron chi connectivity index (χ3n) is 6.31. The minimum Gasteiger partial charge on any atom is -0.354 e. The Morgan fingerprint density at radius 2 is 1.75 bits per heavy atom. The molecule has 3 rings (SSSR count). The third-order valence-corrected chi connectivity index (χ3v) is 6.31. The Hall–Kier alpha value is -2.87. The minimum atomic E-state index is -0.914. The van der Waals surface area contributed by atoms with Gasteiger partial charge in [-0.3, -0.25) is 14.6 Å². The Morgan fingerprint density at radius 3 is 2.38 bits per heavy atom. The average Bonchev–Trinajstić information content (AvgIpc) is 2.79. The van der Waals surface area contributed by atoms with Gasteiger partial charge in [-0.2, -0.15) is 0 Å². The first kappa shape index (κ1) is 23.8. The van der Waals surface area contributed by atoms with Crippen LogP contribution in [-0.2, 0) is 15.0 Å². The van der Waals surface area contributed by atoms with Crippen LogP contribution < -0.4 is 16.4 Å². The van der Waals surface area contributed by atoms with Crippen LogP contribution in [0.2, 0.25) is 0 Å². The van der Waals surface area contributed by atoms with Crippen LogP contribution in [-0.4, -0.2) is 29.4 Å². The van der Waals surface area contributed by atoms with Crippen molar-refractivity contribution in [2.45, 2.75) is 51.0 Å². The number of amides is 2. The molecule has 1 aliphatic rings. The Bertz CT molecular complexity index is 944. The number of hydrogen-bond donors (Lipinski definition) is 3. The van der Waals surface area contributed by atoms with Crippen molar-refractivity contribution in [2.24, 2.45) is 17.6 Å². The molecule has 2 aromatic rings. The van der Waals surface area contributed by atoms with Crippen LogP contribution in [0.1, 0.15) is 45.1 Å². The molecule has 1 atom stereocenters. The van der Waals surface area contributed by atoms with Gasteiger partial charge in [0.2, 0.25) is 11.8 Å². The monoisotopic (exact) mass is 444 g/mol. The summed E-state index contributed by atoms with van der Waals surface area (Å²) in [6, 6.07) is 6.56. The number of carbonyl (C=O) groups is 2. The summed E-state index contributed by atoms with van der Waals surface area (Å²) in [5, 5.41) is 5.75. The molecule has 0 saturated heterocycles. The second kappa shape index (κ2) is 10.2. The normalized spacial score (nSPS) is 19.8. The lowest BCUT2D eigenvalue weighted by molar-refractivity contribution is -0.124. The number of benzene rings is 1. The highest BCUT2D eigenvalue weighted by molar-refractivity contribution is 5.92. The highest BCUT2D eigenvalue weighted by atomic mass is 19.2.